The predicted octanol–water partition coefficient (Wildman–Crippen LogP) is 1.93. The summed E-state index contributed by atoms with van der Waals surface area (Å²) in [7, 11) is 0. The molecule has 0 saturated heterocycles. The Labute approximate surface area is 116 Å². The number of fused-ring (bicyclic) bond motifs is 1. The molecule has 1 aromatic heterocycles. The van der Waals surface area contributed by atoms with Crippen LogP contribution in [0.1, 0.15) is 24.3 Å². The molecular formula is C13H18N2O3S. The van der Waals surface area contributed by atoms with E-state index in [1.807, 2.05) is 11.4 Å². The van der Waals surface area contributed by atoms with E-state index in [9.17, 15) is 9.59 Å². The van der Waals surface area contributed by atoms with Crippen LogP contribution in [-0.4, -0.2) is 34.6 Å². The Morgan fingerprint density at radius 1 is 1.47 bits per heavy atom. The molecule has 1 atom stereocenters. The summed E-state index contributed by atoms with van der Waals surface area (Å²) in [4.78, 5) is 26.2. The van der Waals surface area contributed by atoms with Crippen LogP contribution in [0.25, 0.3) is 0 Å². The number of aliphatic carboxylic acids is 1. The molecule has 104 valence electrons. The van der Waals surface area contributed by atoms with Crippen LogP contribution >= 0.6 is 11.3 Å². The van der Waals surface area contributed by atoms with E-state index in [4.69, 9.17) is 5.11 Å². The minimum Gasteiger partial charge on any atom is -0.480 e. The van der Waals surface area contributed by atoms with Crippen molar-refractivity contribution < 1.29 is 14.7 Å². The molecule has 2 N–H and O–H groups in total. The van der Waals surface area contributed by atoms with E-state index in [1.54, 1.807) is 30.1 Å². The first-order valence-corrected chi connectivity index (χ1v) is 7.20. The van der Waals surface area contributed by atoms with E-state index in [0.717, 1.165) is 6.42 Å². The van der Waals surface area contributed by atoms with Gasteiger partial charge in [-0.15, -0.1) is 11.3 Å². The summed E-state index contributed by atoms with van der Waals surface area (Å²) in [6.45, 7) is 4.78. The molecule has 5 nitrogen and oxygen atoms in total. The molecule has 19 heavy (non-hydrogen) atoms. The van der Waals surface area contributed by atoms with Crippen LogP contribution < -0.4 is 5.32 Å². The van der Waals surface area contributed by atoms with Gasteiger partial charge in [0, 0.05) is 18.0 Å². The van der Waals surface area contributed by atoms with Gasteiger partial charge in [-0.1, -0.05) is 13.8 Å². The molecule has 2 heterocycles. The highest BCUT2D eigenvalue weighted by molar-refractivity contribution is 7.10. The van der Waals surface area contributed by atoms with Gasteiger partial charge in [-0.05, 0) is 29.3 Å². The van der Waals surface area contributed by atoms with Gasteiger partial charge in [0.25, 0.3) is 0 Å². The summed E-state index contributed by atoms with van der Waals surface area (Å²) < 4.78 is 0. The molecule has 0 spiro atoms. The van der Waals surface area contributed by atoms with Gasteiger partial charge in [0.05, 0.1) is 0 Å². The number of amides is 2. The fourth-order valence-corrected chi connectivity index (χ4v) is 3.05. The number of carbonyl (C=O) groups is 2. The van der Waals surface area contributed by atoms with Crippen LogP contribution in [0.2, 0.25) is 0 Å². The van der Waals surface area contributed by atoms with Gasteiger partial charge in [-0.2, -0.15) is 0 Å². The summed E-state index contributed by atoms with van der Waals surface area (Å²) in [5, 5.41) is 13.7. The third kappa shape index (κ3) is 3.07. The molecule has 2 amide bonds. The largest absolute Gasteiger partial charge is 0.480 e. The molecule has 0 fully saturated rings. The van der Waals surface area contributed by atoms with E-state index in [1.165, 1.54) is 10.4 Å². The second kappa shape index (κ2) is 5.61. The Hall–Kier alpha value is -1.56. The lowest BCUT2D eigenvalue weighted by atomic mass is 10.1. The fourth-order valence-electron chi connectivity index (χ4n) is 2.16. The Balaban J connectivity index is 2.00. The summed E-state index contributed by atoms with van der Waals surface area (Å²) in [5.74, 6) is -1.13. The average molecular weight is 282 g/mol. The number of nitrogens with zero attached hydrogens (tertiary/aromatic N) is 1. The molecule has 0 aliphatic carbocycles. The third-order valence-corrected chi connectivity index (χ3v) is 4.33. The van der Waals surface area contributed by atoms with Crippen molar-refractivity contribution in [3.8, 4) is 0 Å². The SMILES string of the molecule is CC(C)[C@@H](NC(=O)N1CCc2sccc2C1)C(=O)O. The van der Waals surface area contributed by atoms with Crippen molar-refractivity contribution in [2.24, 2.45) is 5.92 Å². The molecule has 6 heteroatoms. The number of hydrogen-bond acceptors (Lipinski definition) is 3. The maximum Gasteiger partial charge on any atom is 0.326 e. The molecule has 1 aliphatic heterocycles. The van der Waals surface area contributed by atoms with Crippen molar-refractivity contribution >= 4 is 23.3 Å². The standard InChI is InChI=1S/C13H18N2O3S/c1-8(2)11(12(16)17)14-13(18)15-5-3-10-9(7-15)4-6-19-10/h4,6,8,11H,3,5,7H2,1-2H3,(H,14,18)(H,16,17)/t11-/m1/s1. The molecule has 0 bridgehead atoms. The number of rotatable bonds is 3. The third-order valence-electron chi connectivity index (χ3n) is 3.31. The Kier molecular flexibility index (Phi) is 4.09. The van der Waals surface area contributed by atoms with Gasteiger partial charge >= 0.3 is 12.0 Å². The molecule has 0 saturated carbocycles. The number of carbonyl (C=O) groups excluding carboxylic acids is 1. The first kappa shape index (κ1) is 13.9. The Morgan fingerprint density at radius 2 is 2.21 bits per heavy atom. The van der Waals surface area contributed by atoms with Crippen LogP contribution in [0.15, 0.2) is 11.4 Å². The maximum absolute atomic E-state index is 12.1. The van der Waals surface area contributed by atoms with E-state index in [-0.39, 0.29) is 11.9 Å². The highest BCUT2D eigenvalue weighted by Crippen LogP contribution is 2.24. The van der Waals surface area contributed by atoms with Crippen molar-refractivity contribution in [2.45, 2.75) is 32.9 Å². The lowest BCUT2D eigenvalue weighted by Crippen LogP contribution is -2.51. The quantitative estimate of drug-likeness (QED) is 0.890. The van der Waals surface area contributed by atoms with Crippen LogP contribution in [0.5, 0.6) is 0 Å². The Bertz CT molecular complexity index is 484. The molecule has 1 aromatic rings. The topological polar surface area (TPSA) is 69.6 Å². The second-order valence-electron chi connectivity index (χ2n) is 5.05. The smallest absolute Gasteiger partial charge is 0.326 e. The van der Waals surface area contributed by atoms with Gasteiger partial charge in [0.15, 0.2) is 0 Å². The summed E-state index contributed by atoms with van der Waals surface area (Å²) >= 11 is 1.71. The zero-order chi connectivity index (χ0) is 14.0. The van der Waals surface area contributed by atoms with Crippen molar-refractivity contribution in [3.63, 3.8) is 0 Å². The Morgan fingerprint density at radius 3 is 2.84 bits per heavy atom. The van der Waals surface area contributed by atoms with Gasteiger partial charge < -0.3 is 15.3 Å². The summed E-state index contributed by atoms with van der Waals surface area (Å²) in [6.07, 6.45) is 0.847. The molecule has 1 aliphatic rings. The average Bonchev–Trinajstić information content (AvgIpc) is 2.81. The highest BCUT2D eigenvalue weighted by Gasteiger charge is 2.27. The van der Waals surface area contributed by atoms with Gasteiger partial charge in [0.1, 0.15) is 6.04 Å². The number of carboxylic acids is 1. The minimum atomic E-state index is -0.989. The van der Waals surface area contributed by atoms with E-state index in [2.05, 4.69) is 5.32 Å². The number of hydrogen-bond donors (Lipinski definition) is 2. The lowest BCUT2D eigenvalue weighted by Gasteiger charge is -2.29. The van der Waals surface area contributed by atoms with Crippen molar-refractivity contribution in [1.29, 1.82) is 0 Å². The zero-order valence-corrected chi connectivity index (χ0v) is 11.9. The number of nitrogens with one attached hydrogen (secondary N) is 1. The fraction of sp³-hybridized carbons (Fsp3) is 0.538. The first-order valence-electron chi connectivity index (χ1n) is 6.32. The second-order valence-corrected chi connectivity index (χ2v) is 6.05. The number of urea groups is 1. The zero-order valence-electron chi connectivity index (χ0n) is 11.0. The van der Waals surface area contributed by atoms with Crippen molar-refractivity contribution in [1.82, 2.24) is 10.2 Å². The molecule has 0 aromatic carbocycles. The van der Waals surface area contributed by atoms with Gasteiger partial charge in [-0.3, -0.25) is 0 Å². The first-order chi connectivity index (χ1) is 8.99. The van der Waals surface area contributed by atoms with E-state index >= 15 is 0 Å². The number of carboxylic acid groups (broad SMARTS) is 1. The van der Waals surface area contributed by atoms with E-state index in [0.29, 0.717) is 13.1 Å². The molecule has 0 radical (unpaired) electrons. The molecule has 2 rings (SSSR count). The molecule has 0 unspecified atom stereocenters. The minimum absolute atomic E-state index is 0.136. The van der Waals surface area contributed by atoms with Crippen LogP contribution in [-0.2, 0) is 17.8 Å². The predicted molar refractivity (Wildman–Crippen MR) is 73.2 cm³/mol. The van der Waals surface area contributed by atoms with E-state index < -0.39 is 12.0 Å². The summed E-state index contributed by atoms with van der Waals surface area (Å²) in [6, 6.07) is 0.894. The highest BCUT2D eigenvalue weighted by atomic mass is 32.1. The monoisotopic (exact) mass is 282 g/mol. The van der Waals surface area contributed by atoms with Crippen LogP contribution in [0.4, 0.5) is 4.79 Å². The normalized spacial score (nSPS) is 16.1. The number of thiophene rings is 1. The summed E-state index contributed by atoms with van der Waals surface area (Å²) in [5.41, 5.74) is 1.17. The maximum atomic E-state index is 12.1. The van der Waals surface area contributed by atoms with Crippen molar-refractivity contribution in [3.05, 3.63) is 21.9 Å². The lowest BCUT2D eigenvalue weighted by molar-refractivity contribution is -0.140. The van der Waals surface area contributed by atoms with Crippen LogP contribution in [0, 0.1) is 5.92 Å². The van der Waals surface area contributed by atoms with Crippen LogP contribution in [0.3, 0.4) is 0 Å². The van der Waals surface area contributed by atoms with Gasteiger partial charge in [-0.25, -0.2) is 9.59 Å². The molecular weight excluding hydrogens is 264 g/mol. The van der Waals surface area contributed by atoms with Crippen molar-refractivity contribution in [2.75, 3.05) is 6.54 Å². The van der Waals surface area contributed by atoms with Gasteiger partial charge in [0.2, 0.25) is 0 Å².